The highest BCUT2D eigenvalue weighted by Crippen LogP contribution is 2.28. The molecule has 0 amide bonds. The second kappa shape index (κ2) is 5.47. The molecule has 0 aliphatic heterocycles. The molecule has 1 aromatic heterocycles. The van der Waals surface area contributed by atoms with Crippen molar-refractivity contribution >= 4 is 17.6 Å². The Balaban J connectivity index is 2.34. The van der Waals surface area contributed by atoms with E-state index >= 15 is 0 Å². The van der Waals surface area contributed by atoms with Crippen molar-refractivity contribution in [2.45, 2.75) is 13.0 Å². The molecule has 0 spiro atoms. The maximum Gasteiger partial charge on any atom is 0.373 e. The number of nitrogens with two attached hydrogens (primary N) is 1. The van der Waals surface area contributed by atoms with E-state index in [1.807, 2.05) is 19.1 Å². The molecule has 1 unspecified atom stereocenters. The van der Waals surface area contributed by atoms with Crippen molar-refractivity contribution in [3.63, 3.8) is 0 Å². The van der Waals surface area contributed by atoms with Gasteiger partial charge in [-0.3, -0.25) is 0 Å². The standard InChI is InChI=1S/C14H14ClNO3/c1-8-9(4-3-5-10(8)15)13(16)11-6-7-12(19-11)14(17)18-2/h3-7,13H,16H2,1-2H3. The minimum atomic E-state index is -0.527. The van der Waals surface area contributed by atoms with Crippen LogP contribution in [0.1, 0.15) is 33.5 Å². The maximum absolute atomic E-state index is 11.3. The first-order valence-corrected chi connectivity index (χ1v) is 6.11. The largest absolute Gasteiger partial charge is 0.463 e. The van der Waals surface area contributed by atoms with Crippen LogP contribution in [0, 0.1) is 6.92 Å². The van der Waals surface area contributed by atoms with Crippen LogP contribution < -0.4 is 5.73 Å². The lowest BCUT2D eigenvalue weighted by Crippen LogP contribution is -2.12. The Hall–Kier alpha value is -1.78. The Morgan fingerprint density at radius 3 is 2.79 bits per heavy atom. The SMILES string of the molecule is COC(=O)c1ccc(C(N)c2cccc(Cl)c2C)o1. The highest BCUT2D eigenvalue weighted by Gasteiger charge is 2.19. The molecule has 0 saturated carbocycles. The number of carbonyl (C=O) groups excluding carboxylic acids is 1. The van der Waals surface area contributed by atoms with E-state index in [1.165, 1.54) is 7.11 Å². The van der Waals surface area contributed by atoms with Gasteiger partial charge in [0.15, 0.2) is 0 Å². The molecule has 1 aromatic carbocycles. The Morgan fingerprint density at radius 1 is 1.37 bits per heavy atom. The van der Waals surface area contributed by atoms with Gasteiger partial charge in [-0.2, -0.15) is 0 Å². The van der Waals surface area contributed by atoms with Crippen LogP contribution >= 0.6 is 11.6 Å². The van der Waals surface area contributed by atoms with Crippen molar-refractivity contribution in [2.24, 2.45) is 5.73 Å². The lowest BCUT2D eigenvalue weighted by atomic mass is 10.0. The predicted molar refractivity (Wildman–Crippen MR) is 72.3 cm³/mol. The molecule has 0 aliphatic rings. The smallest absolute Gasteiger partial charge is 0.373 e. The first-order valence-electron chi connectivity index (χ1n) is 5.73. The van der Waals surface area contributed by atoms with Crippen LogP contribution in [0.15, 0.2) is 34.7 Å². The third kappa shape index (κ3) is 2.64. The highest BCUT2D eigenvalue weighted by atomic mass is 35.5. The molecule has 2 rings (SSSR count). The fraction of sp³-hybridized carbons (Fsp3) is 0.214. The summed E-state index contributed by atoms with van der Waals surface area (Å²) in [6.07, 6.45) is 0. The van der Waals surface area contributed by atoms with Crippen LogP contribution in [0.5, 0.6) is 0 Å². The summed E-state index contributed by atoms with van der Waals surface area (Å²) in [5.74, 6) is 0.0969. The number of hydrogen-bond donors (Lipinski definition) is 1. The van der Waals surface area contributed by atoms with Gasteiger partial charge >= 0.3 is 5.97 Å². The van der Waals surface area contributed by atoms with E-state index in [4.69, 9.17) is 21.8 Å². The van der Waals surface area contributed by atoms with E-state index in [2.05, 4.69) is 4.74 Å². The molecule has 5 heteroatoms. The van der Waals surface area contributed by atoms with Crippen molar-refractivity contribution in [2.75, 3.05) is 7.11 Å². The van der Waals surface area contributed by atoms with Crippen molar-refractivity contribution < 1.29 is 13.9 Å². The van der Waals surface area contributed by atoms with Crippen LogP contribution in [-0.2, 0) is 4.74 Å². The number of carbonyl (C=O) groups is 1. The minimum absolute atomic E-state index is 0.132. The quantitative estimate of drug-likeness (QED) is 0.877. The van der Waals surface area contributed by atoms with Gasteiger partial charge in [0, 0.05) is 5.02 Å². The highest BCUT2D eigenvalue weighted by molar-refractivity contribution is 6.31. The average molecular weight is 280 g/mol. The van der Waals surface area contributed by atoms with E-state index in [0.29, 0.717) is 10.8 Å². The number of methoxy groups -OCH3 is 1. The number of hydrogen-bond acceptors (Lipinski definition) is 4. The summed E-state index contributed by atoms with van der Waals surface area (Å²) >= 11 is 6.06. The number of furan rings is 1. The molecule has 19 heavy (non-hydrogen) atoms. The number of halogens is 1. The molecule has 0 bridgehead atoms. The number of esters is 1. The first kappa shape index (κ1) is 13.6. The molecule has 1 atom stereocenters. The van der Waals surface area contributed by atoms with Crippen molar-refractivity contribution in [1.29, 1.82) is 0 Å². The summed E-state index contributed by atoms with van der Waals surface area (Å²) in [5.41, 5.74) is 7.89. The topological polar surface area (TPSA) is 65.5 Å². The zero-order valence-corrected chi connectivity index (χ0v) is 11.4. The maximum atomic E-state index is 11.3. The predicted octanol–water partition coefficient (Wildman–Crippen LogP) is 3.08. The summed E-state index contributed by atoms with van der Waals surface area (Å²) in [6.45, 7) is 1.89. The van der Waals surface area contributed by atoms with Gasteiger partial charge in [0.1, 0.15) is 5.76 Å². The van der Waals surface area contributed by atoms with E-state index in [-0.39, 0.29) is 5.76 Å². The van der Waals surface area contributed by atoms with E-state index in [0.717, 1.165) is 11.1 Å². The molecular formula is C14H14ClNO3. The third-order valence-electron chi connectivity index (χ3n) is 2.96. The summed E-state index contributed by atoms with van der Waals surface area (Å²) in [5, 5.41) is 0.646. The van der Waals surface area contributed by atoms with Crippen molar-refractivity contribution in [3.05, 3.63) is 58.0 Å². The van der Waals surface area contributed by atoms with Gasteiger partial charge in [0.05, 0.1) is 13.2 Å². The molecule has 0 fully saturated rings. The van der Waals surface area contributed by atoms with Crippen LogP contribution in [0.4, 0.5) is 0 Å². The van der Waals surface area contributed by atoms with Crippen molar-refractivity contribution in [1.82, 2.24) is 0 Å². The summed E-state index contributed by atoms with van der Waals surface area (Å²) in [7, 11) is 1.30. The van der Waals surface area contributed by atoms with Gasteiger partial charge in [-0.1, -0.05) is 23.7 Å². The lowest BCUT2D eigenvalue weighted by Gasteiger charge is -2.13. The summed E-state index contributed by atoms with van der Waals surface area (Å²) in [6, 6.07) is 8.24. The normalized spacial score (nSPS) is 12.2. The molecule has 4 nitrogen and oxygen atoms in total. The zero-order chi connectivity index (χ0) is 14.0. The molecule has 100 valence electrons. The second-order valence-electron chi connectivity index (χ2n) is 4.13. The van der Waals surface area contributed by atoms with Gasteiger partial charge in [0.2, 0.25) is 5.76 Å². The minimum Gasteiger partial charge on any atom is -0.463 e. The Morgan fingerprint density at radius 2 is 2.11 bits per heavy atom. The van der Waals surface area contributed by atoms with Crippen LogP contribution in [0.2, 0.25) is 5.02 Å². The Labute approximate surface area is 116 Å². The fourth-order valence-corrected chi connectivity index (χ4v) is 2.03. The molecule has 0 aliphatic carbocycles. The monoisotopic (exact) mass is 279 g/mol. The number of ether oxygens (including phenoxy) is 1. The molecule has 0 radical (unpaired) electrons. The van der Waals surface area contributed by atoms with Gasteiger partial charge in [0.25, 0.3) is 0 Å². The zero-order valence-electron chi connectivity index (χ0n) is 10.6. The third-order valence-corrected chi connectivity index (χ3v) is 3.37. The average Bonchev–Trinajstić information content (AvgIpc) is 2.90. The summed E-state index contributed by atoms with van der Waals surface area (Å²) in [4.78, 5) is 11.3. The number of benzene rings is 1. The molecule has 2 N–H and O–H groups in total. The van der Waals surface area contributed by atoms with Gasteiger partial charge in [-0.15, -0.1) is 0 Å². The number of rotatable bonds is 3. The van der Waals surface area contributed by atoms with Gasteiger partial charge in [-0.05, 0) is 36.2 Å². The lowest BCUT2D eigenvalue weighted by molar-refractivity contribution is 0.0562. The van der Waals surface area contributed by atoms with Crippen LogP contribution in [0.25, 0.3) is 0 Å². The second-order valence-corrected chi connectivity index (χ2v) is 4.53. The summed E-state index contributed by atoms with van der Waals surface area (Å²) < 4.78 is 9.99. The van der Waals surface area contributed by atoms with E-state index in [9.17, 15) is 4.79 Å². The Kier molecular flexibility index (Phi) is 3.93. The van der Waals surface area contributed by atoms with E-state index < -0.39 is 12.0 Å². The van der Waals surface area contributed by atoms with Crippen molar-refractivity contribution in [3.8, 4) is 0 Å². The van der Waals surface area contributed by atoms with E-state index in [1.54, 1.807) is 18.2 Å². The Bertz CT molecular complexity index is 606. The molecule has 1 heterocycles. The fourth-order valence-electron chi connectivity index (χ4n) is 1.84. The molecule has 0 saturated heterocycles. The molecule has 2 aromatic rings. The first-order chi connectivity index (χ1) is 9.04. The molecular weight excluding hydrogens is 266 g/mol. The van der Waals surface area contributed by atoms with Gasteiger partial charge < -0.3 is 14.9 Å². The van der Waals surface area contributed by atoms with Gasteiger partial charge in [-0.25, -0.2) is 4.79 Å². The van der Waals surface area contributed by atoms with Crippen LogP contribution in [0.3, 0.4) is 0 Å². The van der Waals surface area contributed by atoms with Crippen LogP contribution in [-0.4, -0.2) is 13.1 Å².